The fraction of sp³-hybridized carbons (Fsp3) is 0.636. The highest BCUT2D eigenvalue weighted by Crippen LogP contribution is 2.16. The molecular weight excluding hydrogens is 190 g/mol. The number of hydrogen-bond acceptors (Lipinski definition) is 4. The monoisotopic (exact) mass is 207 g/mol. The molecule has 0 aromatic carbocycles. The van der Waals surface area contributed by atoms with Crippen LogP contribution in [0.4, 0.5) is 0 Å². The lowest BCUT2D eigenvalue weighted by molar-refractivity contribution is 0.399. The molecule has 1 aliphatic heterocycles. The molecule has 0 saturated carbocycles. The quantitative estimate of drug-likeness (QED) is 0.805. The molecule has 2 rings (SSSR count). The van der Waals surface area contributed by atoms with Crippen LogP contribution in [0.5, 0.6) is 0 Å². The molecule has 1 aromatic rings. The molecule has 15 heavy (non-hydrogen) atoms. The van der Waals surface area contributed by atoms with Crippen molar-refractivity contribution in [2.24, 2.45) is 0 Å². The minimum atomic E-state index is 0.328. The Morgan fingerprint density at radius 3 is 2.67 bits per heavy atom. The summed E-state index contributed by atoms with van der Waals surface area (Å²) in [6.45, 7) is 6.23. The van der Waals surface area contributed by atoms with E-state index in [2.05, 4.69) is 29.3 Å². The van der Waals surface area contributed by atoms with Crippen LogP contribution < -0.4 is 5.32 Å². The van der Waals surface area contributed by atoms with Crippen LogP contribution in [0.2, 0.25) is 0 Å². The molecule has 0 radical (unpaired) electrons. The van der Waals surface area contributed by atoms with Crippen molar-refractivity contribution in [2.45, 2.75) is 32.6 Å². The second-order valence-corrected chi connectivity index (χ2v) is 4.20. The number of piperidine rings is 1. The van der Waals surface area contributed by atoms with Gasteiger partial charge < -0.3 is 9.84 Å². The van der Waals surface area contributed by atoms with Crippen molar-refractivity contribution in [3.63, 3.8) is 0 Å². The topological polar surface area (TPSA) is 51.0 Å². The third-order valence-electron chi connectivity index (χ3n) is 2.55. The minimum absolute atomic E-state index is 0.328. The van der Waals surface area contributed by atoms with E-state index in [-0.39, 0.29) is 0 Å². The van der Waals surface area contributed by atoms with E-state index in [0.717, 1.165) is 31.8 Å². The van der Waals surface area contributed by atoms with Gasteiger partial charge in [0.25, 0.3) is 5.89 Å². The summed E-state index contributed by atoms with van der Waals surface area (Å²) in [5.74, 6) is 1.76. The van der Waals surface area contributed by atoms with Gasteiger partial charge in [-0.15, -0.1) is 0 Å². The molecule has 4 heteroatoms. The lowest BCUT2D eigenvalue weighted by Gasteiger charge is -2.13. The molecular formula is C11H17N3O. The summed E-state index contributed by atoms with van der Waals surface area (Å²) in [4.78, 5) is 4.33. The zero-order chi connectivity index (χ0) is 10.7. The first kappa shape index (κ1) is 10.4. The molecule has 82 valence electrons. The largest absolute Gasteiger partial charge is 0.335 e. The Morgan fingerprint density at radius 2 is 2.07 bits per heavy atom. The summed E-state index contributed by atoms with van der Waals surface area (Å²) in [5, 5.41) is 7.25. The normalized spacial score (nSPS) is 17.1. The van der Waals surface area contributed by atoms with Crippen LogP contribution in [0.15, 0.2) is 10.1 Å². The van der Waals surface area contributed by atoms with Crippen LogP contribution in [-0.4, -0.2) is 23.2 Å². The Hall–Kier alpha value is -1.16. The highest BCUT2D eigenvalue weighted by atomic mass is 16.5. The maximum absolute atomic E-state index is 5.17. The van der Waals surface area contributed by atoms with E-state index in [1.54, 1.807) is 0 Å². The zero-order valence-electron chi connectivity index (χ0n) is 9.29. The predicted molar refractivity (Wildman–Crippen MR) is 58.5 cm³/mol. The summed E-state index contributed by atoms with van der Waals surface area (Å²) < 4.78 is 5.17. The molecule has 0 spiro atoms. The van der Waals surface area contributed by atoms with Gasteiger partial charge in [-0.1, -0.05) is 24.6 Å². The number of nitrogens with one attached hydrogen (secondary N) is 1. The second-order valence-electron chi connectivity index (χ2n) is 4.20. The van der Waals surface area contributed by atoms with E-state index in [1.165, 1.54) is 5.57 Å². The number of hydrogen-bond donors (Lipinski definition) is 1. The molecule has 4 nitrogen and oxygen atoms in total. The summed E-state index contributed by atoms with van der Waals surface area (Å²) in [5.41, 5.74) is 1.40. The maximum Gasteiger partial charge on any atom is 0.250 e. The van der Waals surface area contributed by atoms with Gasteiger partial charge in [-0.05, 0) is 25.9 Å². The fourth-order valence-electron chi connectivity index (χ4n) is 1.61. The molecule has 1 saturated heterocycles. The van der Waals surface area contributed by atoms with Crippen LogP contribution >= 0.6 is 0 Å². The van der Waals surface area contributed by atoms with E-state index < -0.39 is 0 Å². The van der Waals surface area contributed by atoms with E-state index in [4.69, 9.17) is 4.52 Å². The first-order valence-electron chi connectivity index (χ1n) is 5.49. The van der Waals surface area contributed by atoms with Gasteiger partial charge >= 0.3 is 0 Å². The molecule has 1 N–H and O–H groups in total. The van der Waals surface area contributed by atoms with Crippen molar-refractivity contribution in [2.75, 3.05) is 13.1 Å². The molecule has 0 unspecified atom stereocenters. The molecule has 1 aromatic heterocycles. The van der Waals surface area contributed by atoms with Crippen molar-refractivity contribution in [3.8, 4) is 0 Å². The fourth-order valence-corrected chi connectivity index (χ4v) is 1.61. The van der Waals surface area contributed by atoms with Crippen LogP contribution in [0.3, 0.4) is 0 Å². The number of rotatable bonds is 2. The Labute approximate surface area is 89.8 Å². The van der Waals surface area contributed by atoms with Crippen LogP contribution in [0.25, 0.3) is 6.08 Å². The van der Waals surface area contributed by atoms with Gasteiger partial charge in [-0.2, -0.15) is 4.98 Å². The summed E-state index contributed by atoms with van der Waals surface area (Å²) in [6, 6.07) is 0. The van der Waals surface area contributed by atoms with Gasteiger partial charge in [0.15, 0.2) is 5.82 Å². The zero-order valence-corrected chi connectivity index (χ0v) is 9.29. The standard InChI is InChI=1S/C11H17N3O/c1-8(2)11-13-10(15-14-11)7-9-3-5-12-6-4-9/h7-8,12H,3-6H2,1-2H3. The van der Waals surface area contributed by atoms with Gasteiger partial charge in [0.1, 0.15) is 0 Å². The molecule has 0 atom stereocenters. The van der Waals surface area contributed by atoms with Crippen molar-refractivity contribution in [3.05, 3.63) is 17.3 Å². The van der Waals surface area contributed by atoms with Gasteiger partial charge in [-0.25, -0.2) is 0 Å². The Balaban J connectivity index is 2.08. The Bertz CT molecular complexity index is 346. The molecule has 0 bridgehead atoms. The molecule has 1 aliphatic rings. The highest BCUT2D eigenvalue weighted by molar-refractivity contribution is 5.43. The Kier molecular flexibility index (Phi) is 3.16. The van der Waals surface area contributed by atoms with E-state index in [0.29, 0.717) is 11.8 Å². The van der Waals surface area contributed by atoms with Gasteiger partial charge in [0.2, 0.25) is 0 Å². The lowest BCUT2D eigenvalue weighted by atomic mass is 10.1. The van der Waals surface area contributed by atoms with Crippen molar-refractivity contribution in [1.82, 2.24) is 15.5 Å². The van der Waals surface area contributed by atoms with Crippen LogP contribution in [-0.2, 0) is 0 Å². The predicted octanol–water partition coefficient (Wildman–Crippen LogP) is 1.96. The first-order chi connectivity index (χ1) is 7.25. The van der Waals surface area contributed by atoms with Gasteiger partial charge in [0.05, 0.1) is 0 Å². The average Bonchev–Trinajstić information content (AvgIpc) is 2.68. The van der Waals surface area contributed by atoms with E-state index >= 15 is 0 Å². The summed E-state index contributed by atoms with van der Waals surface area (Å²) >= 11 is 0. The maximum atomic E-state index is 5.17. The second kappa shape index (κ2) is 4.57. The van der Waals surface area contributed by atoms with Crippen LogP contribution in [0, 0.1) is 0 Å². The van der Waals surface area contributed by atoms with Crippen molar-refractivity contribution < 1.29 is 4.52 Å². The first-order valence-corrected chi connectivity index (χ1v) is 5.49. The van der Waals surface area contributed by atoms with Crippen molar-refractivity contribution >= 4 is 6.08 Å². The number of aromatic nitrogens is 2. The summed E-state index contributed by atoms with van der Waals surface area (Å²) in [7, 11) is 0. The van der Waals surface area contributed by atoms with Crippen molar-refractivity contribution in [1.29, 1.82) is 0 Å². The molecule has 0 amide bonds. The lowest BCUT2D eigenvalue weighted by Crippen LogP contribution is -2.22. The van der Waals surface area contributed by atoms with E-state index in [9.17, 15) is 0 Å². The highest BCUT2D eigenvalue weighted by Gasteiger charge is 2.10. The molecule has 1 fully saturated rings. The molecule has 2 heterocycles. The minimum Gasteiger partial charge on any atom is -0.335 e. The third kappa shape index (κ3) is 2.65. The smallest absolute Gasteiger partial charge is 0.250 e. The molecule has 0 aliphatic carbocycles. The third-order valence-corrected chi connectivity index (χ3v) is 2.55. The average molecular weight is 207 g/mol. The van der Waals surface area contributed by atoms with Gasteiger partial charge in [-0.3, -0.25) is 0 Å². The number of nitrogens with zero attached hydrogens (tertiary/aromatic N) is 2. The van der Waals surface area contributed by atoms with E-state index in [1.807, 2.05) is 6.08 Å². The summed E-state index contributed by atoms with van der Waals surface area (Å²) in [6.07, 6.45) is 4.19. The van der Waals surface area contributed by atoms with Crippen LogP contribution in [0.1, 0.15) is 44.3 Å². The Morgan fingerprint density at radius 1 is 1.33 bits per heavy atom. The SMILES string of the molecule is CC(C)c1noc(C=C2CCNCC2)n1. The van der Waals surface area contributed by atoms with Gasteiger partial charge in [0, 0.05) is 12.0 Å².